The molecule has 4 aromatic carbocycles. The zero-order valence-corrected chi connectivity index (χ0v) is 24.9. The first-order valence-electron chi connectivity index (χ1n) is 13.9. The smallest absolute Gasteiger partial charge is 0.312 e. The second-order valence-electron chi connectivity index (χ2n) is 10.7. The minimum Gasteiger partial charge on any atom is -0.469 e. The normalized spacial score (nSPS) is 13.3. The number of nitriles is 2. The molecule has 0 atom stereocenters. The number of fused-ring (bicyclic) bond motifs is 1. The number of methoxy groups -OCH3 is 1. The number of anilines is 1. The number of aromatic nitrogens is 1. The van der Waals surface area contributed by atoms with Crippen LogP contribution >= 0.6 is 0 Å². The van der Waals surface area contributed by atoms with Crippen molar-refractivity contribution in [3.8, 4) is 34.5 Å². The fourth-order valence-electron chi connectivity index (χ4n) is 5.75. The largest absolute Gasteiger partial charge is 0.469 e. The molecule has 12 heteroatoms. The van der Waals surface area contributed by atoms with E-state index in [0.29, 0.717) is 24.3 Å². The van der Waals surface area contributed by atoms with E-state index in [-0.39, 0.29) is 61.2 Å². The number of carbonyl (C=O) groups is 1. The van der Waals surface area contributed by atoms with Gasteiger partial charge < -0.3 is 9.64 Å². The minimum atomic E-state index is -4.57. The lowest BCUT2D eigenvalue weighted by Gasteiger charge is -2.39. The lowest BCUT2D eigenvalue weighted by atomic mass is 9.91. The molecule has 0 aliphatic carbocycles. The van der Waals surface area contributed by atoms with Crippen molar-refractivity contribution in [3.05, 3.63) is 107 Å². The number of alkyl halides is 2. The van der Waals surface area contributed by atoms with Crippen LogP contribution < -0.4 is 4.90 Å². The topological polar surface area (TPSA) is 116 Å². The molecule has 1 aliphatic heterocycles. The Bertz CT molecular complexity index is 2180. The van der Waals surface area contributed by atoms with Crippen LogP contribution in [-0.2, 0) is 19.6 Å². The zero-order chi connectivity index (χ0) is 32.7. The first kappa shape index (κ1) is 30.4. The Balaban J connectivity index is 1.69. The second kappa shape index (κ2) is 11.7. The molecule has 1 aliphatic rings. The highest BCUT2D eigenvalue weighted by molar-refractivity contribution is 7.90. The van der Waals surface area contributed by atoms with E-state index < -0.39 is 22.3 Å². The molecular weight excluding hydrogens is 617 g/mol. The molecule has 0 N–H and O–H groups in total. The molecule has 0 amide bonds. The number of halogens is 3. The Hall–Kier alpha value is -5.59. The number of hydrogen-bond donors (Lipinski definition) is 0. The molecule has 0 radical (unpaired) electrons. The summed E-state index contributed by atoms with van der Waals surface area (Å²) >= 11 is 0. The summed E-state index contributed by atoms with van der Waals surface area (Å²) in [6, 6.07) is 23.1. The fourth-order valence-corrected chi connectivity index (χ4v) is 7.30. The van der Waals surface area contributed by atoms with Crippen molar-refractivity contribution >= 4 is 32.6 Å². The predicted molar refractivity (Wildman–Crippen MR) is 164 cm³/mol. The number of ether oxygens (including phenoxy) is 1. The van der Waals surface area contributed by atoms with E-state index >= 15 is 0 Å². The third-order valence-electron chi connectivity index (χ3n) is 8.01. The van der Waals surface area contributed by atoms with Crippen molar-refractivity contribution in [3.63, 3.8) is 0 Å². The molecule has 6 rings (SSSR count). The molecule has 0 spiro atoms. The summed E-state index contributed by atoms with van der Waals surface area (Å²) in [5.74, 6) is -1.37. The maximum absolute atomic E-state index is 14.9. The van der Waals surface area contributed by atoms with Crippen LogP contribution in [0, 0.1) is 34.4 Å². The average Bonchev–Trinajstić information content (AvgIpc) is 3.38. The standard InChI is InChI=1S/C34H23F3N4O4S/c1-45-34(42)24-18-40(19-24)26-7-3-4-21(14-26)32-31(30-22(16-38)5-2-6-23(30)17-39)28-15-25(35)10-13-29(28)41(32)46(43,44)27-11-8-20(9-12-27)33(36)37/h2-15,24,33H,18-19H2,1H3. The van der Waals surface area contributed by atoms with Crippen molar-refractivity contribution in [2.24, 2.45) is 5.92 Å². The third-order valence-corrected chi connectivity index (χ3v) is 9.74. The number of nitrogens with zero attached hydrogens (tertiary/aromatic N) is 4. The molecule has 8 nitrogen and oxygen atoms in total. The Morgan fingerprint density at radius 1 is 0.913 bits per heavy atom. The van der Waals surface area contributed by atoms with Gasteiger partial charge in [0.15, 0.2) is 0 Å². The van der Waals surface area contributed by atoms with Gasteiger partial charge in [0.2, 0.25) is 0 Å². The summed E-state index contributed by atoms with van der Waals surface area (Å²) in [7, 11) is -3.25. The lowest BCUT2D eigenvalue weighted by molar-refractivity contribution is -0.146. The van der Waals surface area contributed by atoms with Crippen LogP contribution in [0.3, 0.4) is 0 Å². The summed E-state index contributed by atoms with van der Waals surface area (Å²) in [5, 5.41) is 20.3. The minimum absolute atomic E-state index is 0.0321. The van der Waals surface area contributed by atoms with Gasteiger partial charge in [-0.25, -0.2) is 25.6 Å². The fraction of sp³-hybridized carbons (Fsp3) is 0.147. The maximum atomic E-state index is 14.9. The molecule has 2 heterocycles. The van der Waals surface area contributed by atoms with Gasteiger partial charge in [0, 0.05) is 46.4 Å². The number of carbonyl (C=O) groups excluding carboxylic acids is 1. The van der Waals surface area contributed by atoms with E-state index in [9.17, 15) is 36.9 Å². The number of hydrogen-bond acceptors (Lipinski definition) is 7. The highest BCUT2D eigenvalue weighted by Gasteiger charge is 2.35. The highest BCUT2D eigenvalue weighted by atomic mass is 32.2. The van der Waals surface area contributed by atoms with Crippen molar-refractivity contribution < 1.29 is 31.1 Å². The monoisotopic (exact) mass is 640 g/mol. The zero-order valence-electron chi connectivity index (χ0n) is 24.1. The molecule has 0 bridgehead atoms. The van der Waals surface area contributed by atoms with Crippen molar-refractivity contribution in [1.29, 1.82) is 10.5 Å². The van der Waals surface area contributed by atoms with Gasteiger partial charge >= 0.3 is 5.97 Å². The summed E-state index contributed by atoms with van der Waals surface area (Å²) in [4.78, 5) is 13.6. The lowest BCUT2D eigenvalue weighted by Crippen LogP contribution is -2.50. The summed E-state index contributed by atoms with van der Waals surface area (Å²) in [6.45, 7) is 0.726. The molecule has 1 aromatic heterocycles. The number of benzene rings is 4. The molecular formula is C34H23F3N4O4S. The Labute approximate surface area is 262 Å². The maximum Gasteiger partial charge on any atom is 0.312 e. The predicted octanol–water partition coefficient (Wildman–Crippen LogP) is 6.64. The first-order valence-corrected chi connectivity index (χ1v) is 15.4. The molecule has 1 fully saturated rings. The molecule has 1 saturated heterocycles. The van der Waals surface area contributed by atoms with Gasteiger partial charge in [-0.1, -0.05) is 30.3 Å². The molecule has 0 saturated carbocycles. The van der Waals surface area contributed by atoms with Gasteiger partial charge in [-0.15, -0.1) is 0 Å². The third kappa shape index (κ3) is 5.03. The molecule has 46 heavy (non-hydrogen) atoms. The Morgan fingerprint density at radius 2 is 1.57 bits per heavy atom. The van der Waals surface area contributed by atoms with E-state index in [1.165, 1.54) is 31.4 Å². The van der Waals surface area contributed by atoms with Gasteiger partial charge in [-0.3, -0.25) is 4.79 Å². The van der Waals surface area contributed by atoms with Gasteiger partial charge in [-0.2, -0.15) is 10.5 Å². The van der Waals surface area contributed by atoms with Crippen molar-refractivity contribution in [1.82, 2.24) is 3.97 Å². The van der Waals surface area contributed by atoms with Crippen LogP contribution in [0.25, 0.3) is 33.3 Å². The van der Waals surface area contributed by atoms with E-state index in [1.807, 2.05) is 4.90 Å². The van der Waals surface area contributed by atoms with Crippen molar-refractivity contribution in [2.45, 2.75) is 11.3 Å². The number of esters is 1. The van der Waals surface area contributed by atoms with E-state index in [2.05, 4.69) is 12.1 Å². The summed E-state index contributed by atoms with van der Waals surface area (Å²) in [6.07, 6.45) is -2.82. The number of rotatable bonds is 7. The average molecular weight is 641 g/mol. The van der Waals surface area contributed by atoms with Crippen LogP contribution in [0.2, 0.25) is 0 Å². The highest BCUT2D eigenvalue weighted by Crippen LogP contribution is 2.46. The molecule has 0 unspecified atom stereocenters. The first-order chi connectivity index (χ1) is 22.1. The van der Waals surface area contributed by atoms with Gasteiger partial charge in [-0.05, 0) is 54.6 Å². The van der Waals surface area contributed by atoms with Gasteiger partial charge in [0.1, 0.15) is 5.82 Å². The second-order valence-corrected chi connectivity index (χ2v) is 12.4. The van der Waals surface area contributed by atoms with Crippen LogP contribution in [-0.4, -0.2) is 38.6 Å². The van der Waals surface area contributed by atoms with E-state index in [1.54, 1.807) is 24.3 Å². The Morgan fingerprint density at radius 3 is 2.17 bits per heavy atom. The summed E-state index contributed by atoms with van der Waals surface area (Å²) in [5.41, 5.74) is 1.06. The van der Waals surface area contributed by atoms with Crippen LogP contribution in [0.15, 0.2) is 89.8 Å². The van der Waals surface area contributed by atoms with Crippen LogP contribution in [0.4, 0.5) is 18.9 Å². The summed E-state index contributed by atoms with van der Waals surface area (Å²) < 4.78 is 76.4. The van der Waals surface area contributed by atoms with E-state index in [0.717, 1.165) is 40.4 Å². The Kier molecular flexibility index (Phi) is 7.76. The van der Waals surface area contributed by atoms with Crippen molar-refractivity contribution in [2.75, 3.05) is 25.1 Å². The molecule has 230 valence electrons. The van der Waals surface area contributed by atoms with Gasteiger partial charge in [0.05, 0.1) is 52.4 Å². The van der Waals surface area contributed by atoms with Crippen LogP contribution in [0.1, 0.15) is 23.1 Å². The van der Waals surface area contributed by atoms with Gasteiger partial charge in [0.25, 0.3) is 16.4 Å². The van der Waals surface area contributed by atoms with Crippen LogP contribution in [0.5, 0.6) is 0 Å². The quantitative estimate of drug-likeness (QED) is 0.183. The SMILES string of the molecule is COC(=O)C1CN(c2cccc(-c3c(-c4c(C#N)cccc4C#N)c4cc(F)ccc4n3S(=O)(=O)c3ccc(C(F)F)cc3)c2)C1. The molecule has 5 aromatic rings. The van der Waals surface area contributed by atoms with E-state index in [4.69, 9.17) is 4.74 Å².